The van der Waals surface area contributed by atoms with Crippen LogP contribution in [0.5, 0.6) is 0 Å². The molecule has 17 heavy (non-hydrogen) atoms. The normalized spacial score (nSPS) is 19.9. The average molecular weight is 254 g/mol. The maximum Gasteiger partial charge on any atom is 0.130 e. The fourth-order valence-electron chi connectivity index (χ4n) is 2.47. The van der Waals surface area contributed by atoms with Crippen LogP contribution in [0.1, 0.15) is 37.4 Å². The summed E-state index contributed by atoms with van der Waals surface area (Å²) < 4.78 is 13.7. The lowest BCUT2D eigenvalue weighted by molar-refractivity contribution is 0.0639. The number of benzene rings is 1. The van der Waals surface area contributed by atoms with Crippen molar-refractivity contribution in [2.45, 2.75) is 31.8 Å². The lowest BCUT2D eigenvalue weighted by Gasteiger charge is -2.27. The van der Waals surface area contributed by atoms with Crippen LogP contribution in [0.15, 0.2) is 18.2 Å². The Morgan fingerprint density at radius 3 is 2.59 bits per heavy atom. The van der Waals surface area contributed by atoms with Gasteiger partial charge in [-0.05, 0) is 25.0 Å². The van der Waals surface area contributed by atoms with Gasteiger partial charge in [0.1, 0.15) is 11.9 Å². The van der Waals surface area contributed by atoms with E-state index in [0.717, 1.165) is 12.8 Å². The van der Waals surface area contributed by atoms with Gasteiger partial charge in [0.25, 0.3) is 0 Å². The highest BCUT2D eigenvalue weighted by Crippen LogP contribution is 2.47. The fourth-order valence-corrected chi connectivity index (χ4v) is 2.63. The van der Waals surface area contributed by atoms with E-state index in [-0.39, 0.29) is 10.6 Å². The molecule has 0 saturated heterocycles. The van der Waals surface area contributed by atoms with Crippen molar-refractivity contribution in [1.82, 2.24) is 0 Å². The maximum atomic E-state index is 13.7. The quantitative estimate of drug-likeness (QED) is 0.875. The largest absolute Gasteiger partial charge is 0.387 e. The van der Waals surface area contributed by atoms with Crippen LogP contribution in [-0.2, 0) is 0 Å². The highest BCUT2D eigenvalue weighted by Gasteiger charge is 2.42. The predicted molar refractivity (Wildman–Crippen MR) is 62.9 cm³/mol. The van der Waals surface area contributed by atoms with Gasteiger partial charge in [0.2, 0.25) is 0 Å². The van der Waals surface area contributed by atoms with E-state index in [9.17, 15) is 14.8 Å². The SMILES string of the molecule is N#CC1(C(O)c2ccc(Cl)cc2F)CCCC1. The summed E-state index contributed by atoms with van der Waals surface area (Å²) in [6.07, 6.45) is 1.96. The molecule has 1 unspecified atom stereocenters. The second-order valence-corrected chi connectivity index (χ2v) is 4.98. The van der Waals surface area contributed by atoms with Crippen LogP contribution in [0.4, 0.5) is 4.39 Å². The molecule has 0 amide bonds. The molecule has 4 heteroatoms. The fraction of sp³-hybridized carbons (Fsp3) is 0.462. The molecule has 1 aromatic rings. The minimum atomic E-state index is -1.08. The Balaban J connectivity index is 2.36. The first-order valence-corrected chi connectivity index (χ1v) is 6.01. The first-order chi connectivity index (χ1) is 8.09. The van der Waals surface area contributed by atoms with E-state index in [2.05, 4.69) is 6.07 Å². The molecular weight excluding hydrogens is 241 g/mol. The highest BCUT2D eigenvalue weighted by atomic mass is 35.5. The molecule has 2 rings (SSSR count). The molecule has 0 bridgehead atoms. The molecule has 90 valence electrons. The average Bonchev–Trinajstić information content (AvgIpc) is 2.78. The molecule has 1 aromatic carbocycles. The summed E-state index contributed by atoms with van der Waals surface area (Å²) in [5, 5.41) is 19.8. The van der Waals surface area contributed by atoms with Gasteiger partial charge in [-0.1, -0.05) is 30.5 Å². The molecule has 0 aliphatic heterocycles. The lowest BCUT2D eigenvalue weighted by atomic mass is 9.78. The third kappa shape index (κ3) is 2.15. The van der Waals surface area contributed by atoms with Crippen LogP contribution in [0.3, 0.4) is 0 Å². The third-order valence-electron chi connectivity index (χ3n) is 3.50. The molecule has 1 aliphatic rings. The van der Waals surface area contributed by atoms with Crippen molar-refractivity contribution in [1.29, 1.82) is 5.26 Å². The number of hydrogen-bond acceptors (Lipinski definition) is 2. The lowest BCUT2D eigenvalue weighted by Crippen LogP contribution is -2.24. The van der Waals surface area contributed by atoms with Crippen molar-refractivity contribution >= 4 is 11.6 Å². The van der Waals surface area contributed by atoms with Crippen molar-refractivity contribution in [2.75, 3.05) is 0 Å². The molecule has 0 heterocycles. The van der Waals surface area contributed by atoms with Crippen molar-refractivity contribution < 1.29 is 9.50 Å². The second kappa shape index (κ2) is 4.64. The Morgan fingerprint density at radius 2 is 2.06 bits per heavy atom. The van der Waals surface area contributed by atoms with E-state index in [1.54, 1.807) is 0 Å². The first kappa shape index (κ1) is 12.3. The van der Waals surface area contributed by atoms with Crippen LogP contribution in [0.2, 0.25) is 5.02 Å². The van der Waals surface area contributed by atoms with Crippen LogP contribution >= 0.6 is 11.6 Å². The van der Waals surface area contributed by atoms with Gasteiger partial charge in [-0.3, -0.25) is 0 Å². The molecule has 1 N–H and O–H groups in total. The minimum absolute atomic E-state index is 0.165. The number of aliphatic hydroxyl groups excluding tert-OH is 1. The molecule has 0 radical (unpaired) electrons. The van der Waals surface area contributed by atoms with Gasteiger partial charge in [0.05, 0.1) is 11.5 Å². The number of aliphatic hydroxyl groups is 1. The molecule has 0 spiro atoms. The number of halogens is 2. The van der Waals surface area contributed by atoms with Gasteiger partial charge in [-0.15, -0.1) is 0 Å². The molecule has 1 atom stereocenters. The van der Waals surface area contributed by atoms with Gasteiger partial charge in [0.15, 0.2) is 0 Å². The topological polar surface area (TPSA) is 44.0 Å². The Bertz CT molecular complexity index is 463. The minimum Gasteiger partial charge on any atom is -0.387 e. The summed E-state index contributed by atoms with van der Waals surface area (Å²) in [4.78, 5) is 0. The standard InChI is InChI=1S/C13H13ClFNO/c14-9-3-4-10(11(15)7-9)12(17)13(8-16)5-1-2-6-13/h3-4,7,12,17H,1-2,5-6H2. The van der Waals surface area contributed by atoms with Crippen molar-refractivity contribution in [3.8, 4) is 6.07 Å². The highest BCUT2D eigenvalue weighted by molar-refractivity contribution is 6.30. The van der Waals surface area contributed by atoms with Crippen LogP contribution in [0.25, 0.3) is 0 Å². The molecule has 2 nitrogen and oxygen atoms in total. The number of hydrogen-bond donors (Lipinski definition) is 1. The number of rotatable bonds is 2. The van der Waals surface area contributed by atoms with E-state index in [1.165, 1.54) is 18.2 Å². The van der Waals surface area contributed by atoms with E-state index in [4.69, 9.17) is 11.6 Å². The van der Waals surface area contributed by atoms with E-state index < -0.39 is 17.3 Å². The Hall–Kier alpha value is -1.11. The van der Waals surface area contributed by atoms with Crippen LogP contribution in [-0.4, -0.2) is 5.11 Å². The first-order valence-electron chi connectivity index (χ1n) is 5.63. The molecular formula is C13H13ClFNO. The van der Waals surface area contributed by atoms with Gasteiger partial charge in [0, 0.05) is 10.6 Å². The van der Waals surface area contributed by atoms with Crippen LogP contribution < -0.4 is 0 Å². The summed E-state index contributed by atoms with van der Waals surface area (Å²) in [5.41, 5.74) is -0.674. The maximum absolute atomic E-state index is 13.7. The Kier molecular flexibility index (Phi) is 3.37. The Morgan fingerprint density at radius 1 is 1.41 bits per heavy atom. The van der Waals surface area contributed by atoms with E-state index >= 15 is 0 Å². The van der Waals surface area contributed by atoms with Gasteiger partial charge in [-0.25, -0.2) is 4.39 Å². The second-order valence-electron chi connectivity index (χ2n) is 4.54. The number of nitrogens with zero attached hydrogens (tertiary/aromatic N) is 1. The molecule has 1 fully saturated rings. The molecule has 1 aliphatic carbocycles. The van der Waals surface area contributed by atoms with Gasteiger partial charge in [-0.2, -0.15) is 5.26 Å². The van der Waals surface area contributed by atoms with E-state index in [0.29, 0.717) is 12.8 Å². The summed E-state index contributed by atoms with van der Waals surface area (Å²) in [7, 11) is 0. The third-order valence-corrected chi connectivity index (χ3v) is 3.73. The zero-order chi connectivity index (χ0) is 12.5. The van der Waals surface area contributed by atoms with Gasteiger partial charge < -0.3 is 5.11 Å². The zero-order valence-corrected chi connectivity index (χ0v) is 10.0. The van der Waals surface area contributed by atoms with Crippen LogP contribution in [0, 0.1) is 22.6 Å². The smallest absolute Gasteiger partial charge is 0.130 e. The Labute approximate surface area is 105 Å². The summed E-state index contributed by atoms with van der Waals surface area (Å²) >= 11 is 5.66. The summed E-state index contributed by atoms with van der Waals surface area (Å²) in [6, 6.07) is 6.32. The molecule has 0 aromatic heterocycles. The number of nitriles is 1. The summed E-state index contributed by atoms with van der Waals surface area (Å²) in [5.74, 6) is -0.550. The van der Waals surface area contributed by atoms with E-state index in [1.807, 2.05) is 0 Å². The van der Waals surface area contributed by atoms with Crippen molar-refractivity contribution in [2.24, 2.45) is 5.41 Å². The summed E-state index contributed by atoms with van der Waals surface area (Å²) in [6.45, 7) is 0. The predicted octanol–water partition coefficient (Wildman–Crippen LogP) is 3.60. The van der Waals surface area contributed by atoms with Crippen molar-refractivity contribution in [3.05, 3.63) is 34.6 Å². The monoisotopic (exact) mass is 253 g/mol. The molecule has 1 saturated carbocycles. The van der Waals surface area contributed by atoms with Crippen molar-refractivity contribution in [3.63, 3.8) is 0 Å². The van der Waals surface area contributed by atoms with Gasteiger partial charge >= 0.3 is 0 Å². The zero-order valence-electron chi connectivity index (χ0n) is 9.29.